The molecule has 4 rings (SSSR count). The number of rotatable bonds is 1. The zero-order valence-electron chi connectivity index (χ0n) is 11.2. The minimum Gasteiger partial charge on any atom is -0.321 e. The van der Waals surface area contributed by atoms with E-state index in [9.17, 15) is 14.4 Å². The Morgan fingerprint density at radius 3 is 2.32 bits per heavy atom. The van der Waals surface area contributed by atoms with Crippen LogP contribution >= 0.6 is 0 Å². The third-order valence-electron chi connectivity index (χ3n) is 3.68. The first kappa shape index (κ1) is 12.5. The van der Waals surface area contributed by atoms with Crippen LogP contribution < -0.4 is 10.5 Å². The Kier molecular flexibility index (Phi) is 2.47. The molecule has 2 aromatic heterocycles. The van der Waals surface area contributed by atoms with Crippen molar-refractivity contribution in [3.63, 3.8) is 0 Å². The van der Waals surface area contributed by atoms with E-state index in [4.69, 9.17) is 0 Å². The highest BCUT2D eigenvalue weighted by Gasteiger charge is 2.40. The van der Waals surface area contributed by atoms with Gasteiger partial charge in [0, 0.05) is 23.3 Å². The number of amides is 2. The molecule has 106 valence electrons. The van der Waals surface area contributed by atoms with Crippen molar-refractivity contribution in [3.05, 3.63) is 70.3 Å². The number of imide groups is 1. The molecule has 6 heteroatoms. The van der Waals surface area contributed by atoms with Crippen molar-refractivity contribution >= 4 is 28.4 Å². The predicted octanol–water partition coefficient (Wildman–Crippen LogP) is 1.72. The van der Waals surface area contributed by atoms with E-state index in [0.717, 1.165) is 4.90 Å². The van der Waals surface area contributed by atoms with Gasteiger partial charge in [0.15, 0.2) is 0 Å². The van der Waals surface area contributed by atoms with Crippen molar-refractivity contribution < 1.29 is 9.59 Å². The zero-order valence-corrected chi connectivity index (χ0v) is 11.2. The molecular weight excluding hydrogens is 282 g/mol. The maximum absolute atomic E-state index is 12.7. The first-order valence-corrected chi connectivity index (χ1v) is 6.62. The van der Waals surface area contributed by atoms with E-state index in [0.29, 0.717) is 16.6 Å². The molecule has 22 heavy (non-hydrogen) atoms. The van der Waals surface area contributed by atoms with Crippen LogP contribution in [-0.4, -0.2) is 21.8 Å². The van der Waals surface area contributed by atoms with Gasteiger partial charge < -0.3 is 4.98 Å². The van der Waals surface area contributed by atoms with Gasteiger partial charge in [-0.2, -0.15) is 0 Å². The summed E-state index contributed by atoms with van der Waals surface area (Å²) in [4.78, 5) is 45.0. The monoisotopic (exact) mass is 291 g/mol. The number of nitrogens with one attached hydrogen (secondary N) is 1. The number of para-hydroxylation sites is 1. The second-order valence-corrected chi connectivity index (χ2v) is 4.90. The molecule has 0 saturated carbocycles. The highest BCUT2D eigenvalue weighted by Crippen LogP contribution is 2.30. The molecule has 3 heterocycles. The minimum atomic E-state index is -0.613. The summed E-state index contributed by atoms with van der Waals surface area (Å²) in [6, 6.07) is 10.0. The van der Waals surface area contributed by atoms with E-state index in [1.54, 1.807) is 36.4 Å². The molecule has 1 aromatic carbocycles. The molecule has 0 bridgehead atoms. The number of carbonyl (C=O) groups is 2. The number of aromatic amines is 1. The summed E-state index contributed by atoms with van der Waals surface area (Å²) in [5, 5.41) is 0.562. The molecule has 6 nitrogen and oxygen atoms in total. The average Bonchev–Trinajstić information content (AvgIpc) is 2.80. The lowest BCUT2D eigenvalue weighted by molar-refractivity contribution is 0.0926. The highest BCUT2D eigenvalue weighted by atomic mass is 16.2. The van der Waals surface area contributed by atoms with E-state index in [1.165, 1.54) is 12.4 Å². The Balaban J connectivity index is 2.04. The standard InChI is InChI=1S/C16H9N3O3/c20-14-13-12(10-3-1-2-4-11(10)18-14)15(21)19(16(13)22)9-5-7-17-8-6-9/h1-8H,(H,18,20). The number of aromatic nitrogens is 2. The van der Waals surface area contributed by atoms with Gasteiger partial charge in [-0.1, -0.05) is 18.2 Å². The van der Waals surface area contributed by atoms with Gasteiger partial charge in [-0.25, -0.2) is 4.90 Å². The van der Waals surface area contributed by atoms with Crippen molar-refractivity contribution in [2.45, 2.75) is 0 Å². The number of hydrogen-bond donors (Lipinski definition) is 1. The molecule has 1 N–H and O–H groups in total. The zero-order chi connectivity index (χ0) is 15.3. The number of nitrogens with zero attached hydrogens (tertiary/aromatic N) is 2. The van der Waals surface area contributed by atoms with E-state index < -0.39 is 17.4 Å². The Hall–Kier alpha value is -3.28. The lowest BCUT2D eigenvalue weighted by atomic mass is 10.1. The SMILES string of the molecule is O=C1c2c(c3ccccc3[nH]c2=O)C(=O)N1c1ccncc1. The van der Waals surface area contributed by atoms with Crippen molar-refractivity contribution in [1.82, 2.24) is 9.97 Å². The summed E-state index contributed by atoms with van der Waals surface area (Å²) in [6.45, 7) is 0. The lowest BCUT2D eigenvalue weighted by Crippen LogP contribution is -2.30. The number of carbonyl (C=O) groups excluding carboxylic acids is 2. The second-order valence-electron chi connectivity index (χ2n) is 4.90. The molecule has 0 aliphatic carbocycles. The predicted molar refractivity (Wildman–Crippen MR) is 79.9 cm³/mol. The fourth-order valence-corrected chi connectivity index (χ4v) is 2.71. The fourth-order valence-electron chi connectivity index (χ4n) is 2.71. The molecule has 3 aromatic rings. The molecule has 0 saturated heterocycles. The van der Waals surface area contributed by atoms with Crippen molar-refractivity contribution in [2.24, 2.45) is 0 Å². The Morgan fingerprint density at radius 2 is 1.55 bits per heavy atom. The molecule has 1 aliphatic heterocycles. The van der Waals surface area contributed by atoms with Crippen molar-refractivity contribution in [1.29, 1.82) is 0 Å². The number of anilines is 1. The van der Waals surface area contributed by atoms with Crippen LogP contribution in [0.2, 0.25) is 0 Å². The largest absolute Gasteiger partial charge is 0.321 e. The van der Waals surface area contributed by atoms with Crippen LogP contribution in [0.1, 0.15) is 20.7 Å². The lowest BCUT2D eigenvalue weighted by Gasteiger charge is -2.12. The fraction of sp³-hybridized carbons (Fsp3) is 0. The summed E-state index contributed by atoms with van der Waals surface area (Å²) in [5.74, 6) is -1.10. The third kappa shape index (κ3) is 1.54. The summed E-state index contributed by atoms with van der Waals surface area (Å²) in [6.07, 6.45) is 2.97. The van der Waals surface area contributed by atoms with Gasteiger partial charge in [0.2, 0.25) is 0 Å². The molecule has 0 atom stereocenters. The van der Waals surface area contributed by atoms with Crippen LogP contribution in [0.4, 0.5) is 5.69 Å². The van der Waals surface area contributed by atoms with Crippen LogP contribution in [0.3, 0.4) is 0 Å². The quantitative estimate of drug-likeness (QED) is 0.692. The topological polar surface area (TPSA) is 83.1 Å². The van der Waals surface area contributed by atoms with Gasteiger partial charge in [-0.3, -0.25) is 19.4 Å². The molecule has 0 unspecified atom stereocenters. The van der Waals surface area contributed by atoms with Gasteiger partial charge in [0.1, 0.15) is 5.56 Å². The minimum absolute atomic E-state index is 0.111. The molecule has 0 spiro atoms. The molecule has 1 aliphatic rings. The second kappa shape index (κ2) is 4.36. The number of pyridine rings is 2. The summed E-state index contributed by atoms with van der Waals surface area (Å²) in [7, 11) is 0. The number of fused-ring (bicyclic) bond motifs is 3. The number of benzene rings is 1. The van der Waals surface area contributed by atoms with Gasteiger partial charge in [0.25, 0.3) is 17.4 Å². The first-order valence-electron chi connectivity index (χ1n) is 6.62. The highest BCUT2D eigenvalue weighted by molar-refractivity contribution is 6.37. The van der Waals surface area contributed by atoms with Gasteiger partial charge in [-0.15, -0.1) is 0 Å². The maximum Gasteiger partial charge on any atom is 0.271 e. The van der Waals surface area contributed by atoms with E-state index >= 15 is 0 Å². The number of hydrogen-bond acceptors (Lipinski definition) is 4. The molecule has 2 amide bonds. The van der Waals surface area contributed by atoms with Crippen molar-refractivity contribution in [2.75, 3.05) is 4.90 Å². The molecule has 0 fully saturated rings. The van der Waals surface area contributed by atoms with Crippen LogP contribution in [0, 0.1) is 0 Å². The first-order chi connectivity index (χ1) is 10.7. The summed E-state index contributed by atoms with van der Waals surface area (Å²) in [5.41, 5.74) is 0.416. The third-order valence-corrected chi connectivity index (χ3v) is 3.68. The van der Waals surface area contributed by atoms with Gasteiger partial charge >= 0.3 is 0 Å². The van der Waals surface area contributed by atoms with Gasteiger partial charge in [0.05, 0.1) is 11.3 Å². The van der Waals surface area contributed by atoms with E-state index in [-0.39, 0.29) is 11.1 Å². The normalized spacial score (nSPS) is 13.7. The van der Waals surface area contributed by atoms with Crippen LogP contribution in [0.25, 0.3) is 10.9 Å². The summed E-state index contributed by atoms with van der Waals surface area (Å²) < 4.78 is 0. The number of H-pyrrole nitrogens is 1. The smallest absolute Gasteiger partial charge is 0.271 e. The van der Waals surface area contributed by atoms with E-state index in [1.807, 2.05) is 0 Å². The van der Waals surface area contributed by atoms with Gasteiger partial charge in [-0.05, 0) is 18.2 Å². The van der Waals surface area contributed by atoms with Crippen LogP contribution in [0.15, 0.2) is 53.6 Å². The van der Waals surface area contributed by atoms with Crippen LogP contribution in [-0.2, 0) is 0 Å². The maximum atomic E-state index is 12.7. The Bertz CT molecular complexity index is 992. The van der Waals surface area contributed by atoms with Crippen molar-refractivity contribution in [3.8, 4) is 0 Å². The molecule has 0 radical (unpaired) electrons. The molecular formula is C16H9N3O3. The van der Waals surface area contributed by atoms with E-state index in [2.05, 4.69) is 9.97 Å². The Labute approximate surface area is 124 Å². The Morgan fingerprint density at radius 1 is 0.864 bits per heavy atom. The van der Waals surface area contributed by atoms with Crippen LogP contribution in [0.5, 0.6) is 0 Å². The summed E-state index contributed by atoms with van der Waals surface area (Å²) >= 11 is 0. The average molecular weight is 291 g/mol.